The molecule has 0 spiro atoms. The van der Waals surface area contributed by atoms with Crippen molar-refractivity contribution in [3.8, 4) is 0 Å². The van der Waals surface area contributed by atoms with Crippen molar-refractivity contribution in [1.29, 1.82) is 0 Å². The minimum atomic E-state index is -3.46. The van der Waals surface area contributed by atoms with Crippen LogP contribution in [0.3, 0.4) is 0 Å². The zero-order chi connectivity index (χ0) is 14.6. The first-order valence-corrected chi connectivity index (χ1v) is 8.81. The van der Waals surface area contributed by atoms with E-state index in [9.17, 15) is 8.42 Å². The van der Waals surface area contributed by atoms with Gasteiger partial charge in [-0.1, -0.05) is 0 Å². The molecule has 1 aromatic carbocycles. The normalized spacial score (nSPS) is 11.5. The predicted octanol–water partition coefficient (Wildman–Crippen LogP) is 2.97. The minimum absolute atomic E-state index is 0.284. The van der Waals surface area contributed by atoms with Crippen molar-refractivity contribution in [3.05, 3.63) is 46.2 Å². The Bertz CT molecular complexity index is 661. The van der Waals surface area contributed by atoms with Crippen molar-refractivity contribution in [1.82, 2.24) is 4.72 Å². The Morgan fingerprint density at radius 1 is 1.15 bits per heavy atom. The summed E-state index contributed by atoms with van der Waals surface area (Å²) in [6.45, 7) is 5.11. The summed E-state index contributed by atoms with van der Waals surface area (Å²) in [6.07, 6.45) is 0. The number of nitrogens with one attached hydrogen (secondary N) is 2. The Hall–Kier alpha value is -1.37. The highest BCUT2D eigenvalue weighted by molar-refractivity contribution is 7.89. The van der Waals surface area contributed by atoms with Crippen LogP contribution in [-0.4, -0.2) is 15.0 Å². The SMILES string of the molecule is CCNc1ccc(S(=O)(=O)NCc2cscc2C)cc1. The summed E-state index contributed by atoms with van der Waals surface area (Å²) in [5.41, 5.74) is 3.04. The minimum Gasteiger partial charge on any atom is -0.385 e. The van der Waals surface area contributed by atoms with Crippen LogP contribution >= 0.6 is 11.3 Å². The summed E-state index contributed by atoms with van der Waals surface area (Å²) in [4.78, 5) is 0.284. The second kappa shape index (κ2) is 6.39. The molecule has 2 N–H and O–H groups in total. The van der Waals surface area contributed by atoms with E-state index in [2.05, 4.69) is 10.0 Å². The fourth-order valence-electron chi connectivity index (χ4n) is 1.78. The van der Waals surface area contributed by atoms with Gasteiger partial charge in [0.2, 0.25) is 10.0 Å². The van der Waals surface area contributed by atoms with Crippen molar-refractivity contribution in [2.24, 2.45) is 0 Å². The molecule has 0 aliphatic heterocycles. The van der Waals surface area contributed by atoms with Crippen LogP contribution in [0.4, 0.5) is 5.69 Å². The second-order valence-electron chi connectivity index (χ2n) is 4.46. The van der Waals surface area contributed by atoms with Gasteiger partial charge in [-0.25, -0.2) is 13.1 Å². The van der Waals surface area contributed by atoms with Gasteiger partial charge in [0.25, 0.3) is 0 Å². The average Bonchev–Trinajstić information content (AvgIpc) is 2.83. The number of rotatable bonds is 6. The zero-order valence-electron chi connectivity index (χ0n) is 11.5. The van der Waals surface area contributed by atoms with E-state index in [0.717, 1.165) is 23.4 Å². The van der Waals surface area contributed by atoms with Crippen molar-refractivity contribution in [2.75, 3.05) is 11.9 Å². The number of benzene rings is 1. The molecule has 0 saturated heterocycles. The van der Waals surface area contributed by atoms with E-state index in [1.807, 2.05) is 24.6 Å². The summed E-state index contributed by atoms with van der Waals surface area (Å²) in [6, 6.07) is 6.77. The average molecular weight is 310 g/mol. The van der Waals surface area contributed by atoms with E-state index in [-0.39, 0.29) is 4.90 Å². The van der Waals surface area contributed by atoms with E-state index in [4.69, 9.17) is 0 Å². The van der Waals surface area contributed by atoms with Crippen LogP contribution < -0.4 is 10.0 Å². The molecule has 108 valence electrons. The molecule has 1 heterocycles. The first-order valence-electron chi connectivity index (χ1n) is 6.38. The molecule has 1 aromatic heterocycles. The van der Waals surface area contributed by atoms with Gasteiger partial charge in [-0.3, -0.25) is 0 Å². The zero-order valence-corrected chi connectivity index (χ0v) is 13.1. The van der Waals surface area contributed by atoms with Gasteiger partial charge < -0.3 is 5.32 Å². The van der Waals surface area contributed by atoms with Gasteiger partial charge in [-0.2, -0.15) is 11.3 Å². The Morgan fingerprint density at radius 2 is 1.85 bits per heavy atom. The highest BCUT2D eigenvalue weighted by Crippen LogP contribution is 2.16. The van der Waals surface area contributed by atoms with E-state index in [0.29, 0.717) is 6.54 Å². The van der Waals surface area contributed by atoms with E-state index < -0.39 is 10.0 Å². The molecule has 4 nitrogen and oxygen atoms in total. The Morgan fingerprint density at radius 3 is 2.40 bits per heavy atom. The Kier molecular flexibility index (Phi) is 4.80. The number of hydrogen-bond acceptors (Lipinski definition) is 4. The second-order valence-corrected chi connectivity index (χ2v) is 6.97. The molecule has 0 aliphatic carbocycles. The largest absolute Gasteiger partial charge is 0.385 e. The summed E-state index contributed by atoms with van der Waals surface area (Å²) in [5, 5.41) is 7.11. The third kappa shape index (κ3) is 3.59. The number of thiophene rings is 1. The fourth-order valence-corrected chi connectivity index (χ4v) is 3.64. The molecular weight excluding hydrogens is 292 g/mol. The van der Waals surface area contributed by atoms with Crippen LogP contribution in [0, 0.1) is 6.92 Å². The smallest absolute Gasteiger partial charge is 0.240 e. The molecule has 6 heteroatoms. The first kappa shape index (κ1) is 15.0. The van der Waals surface area contributed by atoms with Crippen LogP contribution in [0.25, 0.3) is 0 Å². The van der Waals surface area contributed by atoms with Gasteiger partial charge in [-0.15, -0.1) is 0 Å². The quantitative estimate of drug-likeness (QED) is 0.862. The molecule has 0 amide bonds. The third-order valence-electron chi connectivity index (χ3n) is 2.96. The van der Waals surface area contributed by atoms with Crippen LogP contribution in [0.1, 0.15) is 18.1 Å². The lowest BCUT2D eigenvalue weighted by Crippen LogP contribution is -2.23. The number of hydrogen-bond donors (Lipinski definition) is 2. The fraction of sp³-hybridized carbons (Fsp3) is 0.286. The van der Waals surface area contributed by atoms with Crippen LogP contribution in [0.2, 0.25) is 0 Å². The van der Waals surface area contributed by atoms with E-state index >= 15 is 0 Å². The molecule has 0 radical (unpaired) electrons. The molecule has 0 bridgehead atoms. The lowest BCUT2D eigenvalue weighted by molar-refractivity contribution is 0.581. The molecule has 0 aliphatic rings. The maximum Gasteiger partial charge on any atom is 0.240 e. The van der Waals surface area contributed by atoms with Gasteiger partial charge in [0.05, 0.1) is 4.90 Å². The number of sulfonamides is 1. The van der Waals surface area contributed by atoms with E-state index in [1.165, 1.54) is 0 Å². The van der Waals surface area contributed by atoms with Crippen molar-refractivity contribution < 1.29 is 8.42 Å². The molecule has 0 atom stereocenters. The van der Waals surface area contributed by atoms with Gasteiger partial charge >= 0.3 is 0 Å². The molecule has 0 saturated carbocycles. The lowest BCUT2D eigenvalue weighted by atomic mass is 10.2. The molecule has 2 aromatic rings. The van der Waals surface area contributed by atoms with Gasteiger partial charge in [0.15, 0.2) is 0 Å². The van der Waals surface area contributed by atoms with Crippen molar-refractivity contribution >= 4 is 27.0 Å². The summed E-state index contributed by atoms with van der Waals surface area (Å²) < 4.78 is 27.0. The van der Waals surface area contributed by atoms with Crippen molar-refractivity contribution in [2.45, 2.75) is 25.3 Å². The molecule has 20 heavy (non-hydrogen) atoms. The maximum absolute atomic E-state index is 12.2. The molecule has 0 fully saturated rings. The molecular formula is C14H18N2O2S2. The number of aryl methyl sites for hydroxylation is 1. The van der Waals surface area contributed by atoms with Crippen molar-refractivity contribution in [3.63, 3.8) is 0 Å². The maximum atomic E-state index is 12.2. The van der Waals surface area contributed by atoms with E-state index in [1.54, 1.807) is 35.6 Å². The summed E-state index contributed by atoms with van der Waals surface area (Å²) >= 11 is 1.58. The standard InChI is InChI=1S/C14H18N2O2S2/c1-3-15-13-4-6-14(7-5-13)20(17,18)16-8-12-10-19-9-11(12)2/h4-7,9-10,15-16H,3,8H2,1-2H3. The molecule has 0 unspecified atom stereocenters. The van der Waals surface area contributed by atoms with Crippen LogP contribution in [0.5, 0.6) is 0 Å². The van der Waals surface area contributed by atoms with Crippen LogP contribution in [-0.2, 0) is 16.6 Å². The Balaban J connectivity index is 2.08. The lowest BCUT2D eigenvalue weighted by Gasteiger charge is -2.08. The topological polar surface area (TPSA) is 58.2 Å². The Labute approximate surface area is 123 Å². The summed E-state index contributed by atoms with van der Waals surface area (Å²) in [5.74, 6) is 0. The number of anilines is 1. The summed E-state index contributed by atoms with van der Waals surface area (Å²) in [7, 11) is -3.46. The van der Waals surface area contributed by atoms with Gasteiger partial charge in [-0.05, 0) is 60.0 Å². The monoisotopic (exact) mass is 310 g/mol. The highest BCUT2D eigenvalue weighted by atomic mass is 32.2. The predicted molar refractivity (Wildman–Crippen MR) is 83.7 cm³/mol. The first-order chi connectivity index (χ1) is 9.53. The third-order valence-corrected chi connectivity index (χ3v) is 5.29. The molecule has 2 rings (SSSR count). The van der Waals surface area contributed by atoms with Gasteiger partial charge in [0, 0.05) is 18.8 Å². The highest BCUT2D eigenvalue weighted by Gasteiger charge is 2.14. The van der Waals surface area contributed by atoms with Crippen LogP contribution in [0.15, 0.2) is 39.9 Å². The van der Waals surface area contributed by atoms with Gasteiger partial charge in [0.1, 0.15) is 0 Å².